The molecule has 0 bridgehead atoms. The molecule has 1 N–H and O–H groups in total. The zero-order chi connectivity index (χ0) is 9.97. The van der Waals surface area contributed by atoms with Gasteiger partial charge in [-0.2, -0.15) is 0 Å². The van der Waals surface area contributed by atoms with E-state index in [1.165, 1.54) is 6.07 Å². The number of para-hydroxylation sites is 1. The van der Waals surface area contributed by atoms with Gasteiger partial charge in [0.15, 0.2) is 11.6 Å². The summed E-state index contributed by atoms with van der Waals surface area (Å²) in [4.78, 5) is 0. The maximum Gasteiger partial charge on any atom is 0.169 e. The molecule has 4 heteroatoms. The normalized spacial score (nSPS) is 21.1. The Labute approximate surface area is 90.6 Å². The predicted octanol–water partition coefficient (Wildman–Crippen LogP) is 2.33. The third-order valence-corrected chi connectivity index (χ3v) is 2.84. The van der Waals surface area contributed by atoms with Crippen LogP contribution in [0.25, 0.3) is 0 Å². The summed E-state index contributed by atoms with van der Waals surface area (Å²) in [7, 11) is 0. The second-order valence-corrected chi connectivity index (χ2v) is 4.14. The van der Waals surface area contributed by atoms with Crippen molar-refractivity contribution in [2.75, 3.05) is 13.1 Å². The molecule has 2 nitrogen and oxygen atoms in total. The smallest absolute Gasteiger partial charge is 0.169 e. The minimum atomic E-state index is -0.314. The zero-order valence-corrected chi connectivity index (χ0v) is 9.18. The van der Waals surface area contributed by atoms with Crippen LogP contribution in [0.4, 0.5) is 4.39 Å². The molecule has 0 amide bonds. The molecule has 2 rings (SSSR count). The first-order valence-corrected chi connectivity index (χ1v) is 5.38. The summed E-state index contributed by atoms with van der Waals surface area (Å²) in [6.45, 7) is 1.73. The standard InChI is InChI=1S/C10H11BrFNO/c11-8-2-1-3-9(12)10(8)14-7-4-5-13-6-7/h1-3,7,13H,4-6H2. The third kappa shape index (κ3) is 2.07. The molecule has 14 heavy (non-hydrogen) atoms. The molecule has 0 saturated carbocycles. The number of benzene rings is 1. The van der Waals surface area contributed by atoms with Crippen molar-refractivity contribution < 1.29 is 9.13 Å². The van der Waals surface area contributed by atoms with E-state index in [2.05, 4.69) is 21.2 Å². The molecule has 1 aromatic rings. The lowest BCUT2D eigenvalue weighted by molar-refractivity contribution is 0.211. The highest BCUT2D eigenvalue weighted by atomic mass is 79.9. The summed E-state index contributed by atoms with van der Waals surface area (Å²) >= 11 is 3.27. The monoisotopic (exact) mass is 259 g/mol. The lowest BCUT2D eigenvalue weighted by atomic mass is 10.3. The molecule has 1 saturated heterocycles. The van der Waals surface area contributed by atoms with E-state index < -0.39 is 0 Å². The molecule has 1 heterocycles. The van der Waals surface area contributed by atoms with E-state index in [4.69, 9.17) is 4.74 Å². The van der Waals surface area contributed by atoms with Gasteiger partial charge >= 0.3 is 0 Å². The van der Waals surface area contributed by atoms with Gasteiger partial charge in [-0.3, -0.25) is 0 Å². The fraction of sp³-hybridized carbons (Fsp3) is 0.400. The van der Waals surface area contributed by atoms with Crippen LogP contribution in [0.3, 0.4) is 0 Å². The van der Waals surface area contributed by atoms with Gasteiger partial charge in [0, 0.05) is 6.54 Å². The first-order chi connectivity index (χ1) is 6.77. The van der Waals surface area contributed by atoms with Gasteiger partial charge in [-0.05, 0) is 41.0 Å². The summed E-state index contributed by atoms with van der Waals surface area (Å²) in [6, 6.07) is 4.84. The van der Waals surface area contributed by atoms with E-state index in [1.54, 1.807) is 12.1 Å². The molecule has 0 aliphatic carbocycles. The molecular weight excluding hydrogens is 249 g/mol. The summed E-state index contributed by atoms with van der Waals surface area (Å²) < 4.78 is 19.6. The molecule has 1 aliphatic rings. The average Bonchev–Trinajstić information content (AvgIpc) is 2.64. The van der Waals surface area contributed by atoms with E-state index in [0.717, 1.165) is 19.5 Å². The second kappa shape index (κ2) is 4.28. The van der Waals surface area contributed by atoms with Gasteiger partial charge in [-0.15, -0.1) is 0 Å². The van der Waals surface area contributed by atoms with E-state index in [-0.39, 0.29) is 11.9 Å². The summed E-state index contributed by atoms with van der Waals surface area (Å²) in [5.41, 5.74) is 0. The van der Waals surface area contributed by atoms with E-state index in [1.807, 2.05) is 0 Å². The van der Waals surface area contributed by atoms with E-state index in [0.29, 0.717) is 10.2 Å². The van der Waals surface area contributed by atoms with Crippen molar-refractivity contribution >= 4 is 15.9 Å². The quantitative estimate of drug-likeness (QED) is 0.881. The summed E-state index contributed by atoms with van der Waals surface area (Å²) in [5.74, 6) is 0.00692. The number of ether oxygens (including phenoxy) is 1. The van der Waals surface area contributed by atoms with Crippen LogP contribution in [-0.2, 0) is 0 Å². The number of hydrogen-bond donors (Lipinski definition) is 1. The third-order valence-electron chi connectivity index (χ3n) is 2.22. The molecule has 1 atom stereocenters. The molecule has 1 aliphatic heterocycles. The van der Waals surface area contributed by atoms with Crippen LogP contribution >= 0.6 is 15.9 Å². The molecule has 76 valence electrons. The summed E-state index contributed by atoms with van der Waals surface area (Å²) in [6.07, 6.45) is 1.02. The molecular formula is C10H11BrFNO. The van der Waals surface area contributed by atoms with Gasteiger partial charge in [0.1, 0.15) is 6.10 Å². The van der Waals surface area contributed by atoms with Crippen LogP contribution in [0.1, 0.15) is 6.42 Å². The maximum absolute atomic E-state index is 13.3. The van der Waals surface area contributed by atoms with Crippen LogP contribution in [0.15, 0.2) is 22.7 Å². The van der Waals surface area contributed by atoms with E-state index in [9.17, 15) is 4.39 Å². The Morgan fingerprint density at radius 2 is 2.36 bits per heavy atom. The minimum Gasteiger partial charge on any atom is -0.485 e. The van der Waals surface area contributed by atoms with Gasteiger partial charge in [-0.25, -0.2) is 4.39 Å². The number of hydrogen-bond acceptors (Lipinski definition) is 2. The van der Waals surface area contributed by atoms with Crippen LogP contribution < -0.4 is 10.1 Å². The zero-order valence-electron chi connectivity index (χ0n) is 7.59. The number of rotatable bonds is 2. The predicted molar refractivity (Wildman–Crippen MR) is 56.0 cm³/mol. The number of nitrogens with one attached hydrogen (secondary N) is 1. The van der Waals surface area contributed by atoms with E-state index >= 15 is 0 Å². The van der Waals surface area contributed by atoms with Crippen LogP contribution in [-0.4, -0.2) is 19.2 Å². The first-order valence-electron chi connectivity index (χ1n) is 4.59. The fourth-order valence-electron chi connectivity index (χ4n) is 1.49. The second-order valence-electron chi connectivity index (χ2n) is 3.28. The van der Waals surface area contributed by atoms with Gasteiger partial charge in [0.25, 0.3) is 0 Å². The molecule has 0 spiro atoms. The van der Waals surface area contributed by atoms with Crippen molar-refractivity contribution in [1.82, 2.24) is 5.32 Å². The fourth-order valence-corrected chi connectivity index (χ4v) is 1.93. The van der Waals surface area contributed by atoms with Crippen molar-refractivity contribution in [3.05, 3.63) is 28.5 Å². The highest BCUT2D eigenvalue weighted by Crippen LogP contribution is 2.29. The Hall–Kier alpha value is -0.610. The van der Waals surface area contributed by atoms with Crippen molar-refractivity contribution in [3.63, 3.8) is 0 Å². The Morgan fingerprint density at radius 3 is 3.00 bits per heavy atom. The molecule has 1 unspecified atom stereocenters. The highest BCUT2D eigenvalue weighted by Gasteiger charge is 2.18. The topological polar surface area (TPSA) is 21.3 Å². The Bertz CT molecular complexity index is 306. The van der Waals surface area contributed by atoms with Gasteiger partial charge in [0.05, 0.1) is 4.47 Å². The average molecular weight is 260 g/mol. The minimum absolute atomic E-state index is 0.0863. The van der Waals surface area contributed by atoms with Crippen molar-refractivity contribution in [1.29, 1.82) is 0 Å². The Balaban J connectivity index is 2.14. The van der Waals surface area contributed by atoms with Crippen molar-refractivity contribution in [3.8, 4) is 5.75 Å². The van der Waals surface area contributed by atoms with Crippen LogP contribution in [0.2, 0.25) is 0 Å². The highest BCUT2D eigenvalue weighted by molar-refractivity contribution is 9.10. The lowest BCUT2D eigenvalue weighted by Gasteiger charge is -2.14. The largest absolute Gasteiger partial charge is 0.485 e. The summed E-state index contributed by atoms with van der Waals surface area (Å²) in [5, 5.41) is 3.17. The van der Waals surface area contributed by atoms with Crippen molar-refractivity contribution in [2.45, 2.75) is 12.5 Å². The number of halogens is 2. The molecule has 1 aromatic carbocycles. The van der Waals surface area contributed by atoms with Gasteiger partial charge in [-0.1, -0.05) is 6.07 Å². The van der Waals surface area contributed by atoms with Gasteiger partial charge in [0.2, 0.25) is 0 Å². The maximum atomic E-state index is 13.3. The van der Waals surface area contributed by atoms with Crippen LogP contribution in [0.5, 0.6) is 5.75 Å². The van der Waals surface area contributed by atoms with Crippen molar-refractivity contribution in [2.24, 2.45) is 0 Å². The lowest BCUT2D eigenvalue weighted by Crippen LogP contribution is -2.20. The first kappa shape index (κ1) is 9.93. The SMILES string of the molecule is Fc1cccc(Br)c1OC1CCNC1. The Kier molecular flexibility index (Phi) is 3.03. The molecule has 1 fully saturated rings. The Morgan fingerprint density at radius 1 is 1.50 bits per heavy atom. The van der Waals surface area contributed by atoms with Crippen LogP contribution in [0, 0.1) is 5.82 Å². The molecule has 0 radical (unpaired) electrons. The van der Waals surface area contributed by atoms with Gasteiger partial charge < -0.3 is 10.1 Å². The molecule has 0 aromatic heterocycles.